The van der Waals surface area contributed by atoms with E-state index in [0.29, 0.717) is 19.0 Å². The maximum Gasteiger partial charge on any atom is 0.280 e. The normalized spacial score (nSPS) is 16.3. The van der Waals surface area contributed by atoms with E-state index in [1.54, 1.807) is 4.52 Å². The molecule has 0 saturated carbocycles. The van der Waals surface area contributed by atoms with Crippen LogP contribution in [0.3, 0.4) is 0 Å². The summed E-state index contributed by atoms with van der Waals surface area (Å²) >= 11 is 0. The fourth-order valence-corrected chi connectivity index (χ4v) is 3.53. The Labute approximate surface area is 159 Å². The smallest absolute Gasteiger partial charge is 0.280 e. The zero-order chi connectivity index (χ0) is 19.7. The van der Waals surface area contributed by atoms with Gasteiger partial charge in [-0.1, -0.05) is 0 Å². The van der Waals surface area contributed by atoms with E-state index < -0.39 is 17.7 Å². The number of hydrogen-bond donors (Lipinski definition) is 0. The summed E-state index contributed by atoms with van der Waals surface area (Å²) < 4.78 is 28.4. The van der Waals surface area contributed by atoms with Gasteiger partial charge in [0.05, 0.1) is 18.6 Å². The second-order valence-corrected chi connectivity index (χ2v) is 7.19. The SMILES string of the molecule is Cc1ccc2nnc(CN3CCC(Cn4cnc(C(F)F)cc4=O)CC3)n2n1. The molecule has 0 bridgehead atoms. The lowest BCUT2D eigenvalue weighted by atomic mass is 9.96. The minimum atomic E-state index is -2.72. The molecule has 0 aromatic carbocycles. The topological polar surface area (TPSA) is 81.2 Å². The number of aromatic nitrogens is 6. The molecule has 0 N–H and O–H groups in total. The van der Waals surface area contributed by atoms with Crippen LogP contribution >= 0.6 is 0 Å². The molecule has 148 valence electrons. The largest absolute Gasteiger partial charge is 0.299 e. The molecule has 8 nitrogen and oxygen atoms in total. The van der Waals surface area contributed by atoms with Crippen LogP contribution in [0.2, 0.25) is 0 Å². The summed E-state index contributed by atoms with van der Waals surface area (Å²) in [6.45, 7) is 4.82. The van der Waals surface area contributed by atoms with Gasteiger partial charge >= 0.3 is 0 Å². The quantitative estimate of drug-likeness (QED) is 0.662. The number of piperidine rings is 1. The van der Waals surface area contributed by atoms with Gasteiger partial charge in [-0.3, -0.25) is 14.3 Å². The van der Waals surface area contributed by atoms with E-state index >= 15 is 0 Å². The zero-order valence-electron chi connectivity index (χ0n) is 15.5. The Kier molecular flexibility index (Phi) is 5.12. The van der Waals surface area contributed by atoms with E-state index in [0.717, 1.165) is 49.2 Å². The van der Waals surface area contributed by atoms with Crippen LogP contribution in [0.1, 0.15) is 36.5 Å². The number of halogens is 2. The highest BCUT2D eigenvalue weighted by atomic mass is 19.3. The molecule has 1 aliphatic rings. The van der Waals surface area contributed by atoms with Crippen molar-refractivity contribution in [2.75, 3.05) is 13.1 Å². The molecule has 0 aliphatic carbocycles. The van der Waals surface area contributed by atoms with Gasteiger partial charge in [0.15, 0.2) is 11.5 Å². The highest BCUT2D eigenvalue weighted by Crippen LogP contribution is 2.20. The second-order valence-electron chi connectivity index (χ2n) is 7.19. The third kappa shape index (κ3) is 3.91. The minimum Gasteiger partial charge on any atom is -0.299 e. The number of alkyl halides is 2. The molecule has 0 spiro atoms. The first kappa shape index (κ1) is 18.6. The van der Waals surface area contributed by atoms with Crippen LogP contribution < -0.4 is 5.56 Å². The molecule has 1 aliphatic heterocycles. The lowest BCUT2D eigenvalue weighted by Crippen LogP contribution is -2.36. The van der Waals surface area contributed by atoms with Crippen molar-refractivity contribution in [1.29, 1.82) is 0 Å². The van der Waals surface area contributed by atoms with Crippen LogP contribution in [0, 0.1) is 12.8 Å². The van der Waals surface area contributed by atoms with Crippen molar-refractivity contribution in [3.63, 3.8) is 0 Å². The summed E-state index contributed by atoms with van der Waals surface area (Å²) in [6.07, 6.45) is 0.322. The summed E-state index contributed by atoms with van der Waals surface area (Å²) in [5.41, 5.74) is 0.739. The lowest BCUT2D eigenvalue weighted by molar-refractivity contribution is 0.144. The molecule has 0 atom stereocenters. The summed E-state index contributed by atoms with van der Waals surface area (Å²) in [4.78, 5) is 18.0. The molecule has 0 radical (unpaired) electrons. The maximum absolute atomic E-state index is 12.6. The summed E-state index contributed by atoms with van der Waals surface area (Å²) in [7, 11) is 0. The zero-order valence-corrected chi connectivity index (χ0v) is 15.5. The Balaban J connectivity index is 1.36. The lowest BCUT2D eigenvalue weighted by Gasteiger charge is -2.31. The highest BCUT2D eigenvalue weighted by Gasteiger charge is 2.22. The van der Waals surface area contributed by atoms with Crippen molar-refractivity contribution in [3.8, 4) is 0 Å². The van der Waals surface area contributed by atoms with Gasteiger partial charge in [0, 0.05) is 12.6 Å². The van der Waals surface area contributed by atoms with Gasteiger partial charge in [-0.15, -0.1) is 10.2 Å². The van der Waals surface area contributed by atoms with E-state index in [2.05, 4.69) is 25.2 Å². The fraction of sp³-hybridized carbons (Fsp3) is 0.500. The van der Waals surface area contributed by atoms with E-state index in [1.807, 2.05) is 19.1 Å². The van der Waals surface area contributed by atoms with Crippen molar-refractivity contribution in [3.05, 3.63) is 52.1 Å². The van der Waals surface area contributed by atoms with Crippen LogP contribution in [0.25, 0.3) is 5.65 Å². The Morgan fingerprint density at radius 2 is 2.00 bits per heavy atom. The predicted octanol–water partition coefficient (Wildman–Crippen LogP) is 1.84. The van der Waals surface area contributed by atoms with E-state index in [1.165, 1.54) is 10.9 Å². The van der Waals surface area contributed by atoms with Gasteiger partial charge in [-0.25, -0.2) is 13.8 Å². The van der Waals surface area contributed by atoms with Gasteiger partial charge in [0.25, 0.3) is 12.0 Å². The molecule has 1 fully saturated rings. The highest BCUT2D eigenvalue weighted by molar-refractivity contribution is 5.35. The van der Waals surface area contributed by atoms with Crippen LogP contribution in [-0.4, -0.2) is 47.4 Å². The fourth-order valence-electron chi connectivity index (χ4n) is 3.53. The van der Waals surface area contributed by atoms with Gasteiger partial charge in [0.2, 0.25) is 0 Å². The first-order valence-corrected chi connectivity index (χ1v) is 9.24. The Hall–Kier alpha value is -2.75. The number of fused-ring (bicyclic) bond motifs is 1. The van der Waals surface area contributed by atoms with Crippen LogP contribution in [0.4, 0.5) is 8.78 Å². The van der Waals surface area contributed by atoms with E-state index in [9.17, 15) is 13.6 Å². The van der Waals surface area contributed by atoms with Crippen molar-refractivity contribution in [2.45, 2.75) is 39.3 Å². The molecular formula is C18H21F2N7O. The average Bonchev–Trinajstić information content (AvgIpc) is 3.06. The van der Waals surface area contributed by atoms with Crippen LogP contribution in [-0.2, 0) is 13.1 Å². The summed E-state index contributed by atoms with van der Waals surface area (Å²) in [5.74, 6) is 1.11. The van der Waals surface area contributed by atoms with Crippen molar-refractivity contribution < 1.29 is 8.78 Å². The standard InChI is InChI=1S/C18H21F2N7O/c1-12-2-3-15-22-23-16(27(15)24-12)10-25-6-4-13(5-7-25)9-26-11-21-14(18(19)20)8-17(26)28/h2-3,8,11,13,18H,4-7,9-10H2,1H3. The number of rotatable bonds is 5. The first-order chi connectivity index (χ1) is 13.5. The predicted molar refractivity (Wildman–Crippen MR) is 97.0 cm³/mol. The molecule has 4 rings (SSSR count). The molecule has 1 saturated heterocycles. The number of likely N-dealkylation sites (tertiary alicyclic amines) is 1. The molecular weight excluding hydrogens is 368 g/mol. The molecule has 0 amide bonds. The van der Waals surface area contributed by atoms with E-state index in [-0.39, 0.29) is 0 Å². The van der Waals surface area contributed by atoms with Gasteiger partial charge < -0.3 is 0 Å². The number of nitrogens with zero attached hydrogens (tertiary/aromatic N) is 7. The summed E-state index contributed by atoms with van der Waals surface area (Å²) in [5, 5.41) is 12.9. The second kappa shape index (κ2) is 7.70. The van der Waals surface area contributed by atoms with Crippen molar-refractivity contribution in [2.24, 2.45) is 5.92 Å². The van der Waals surface area contributed by atoms with Crippen LogP contribution in [0.15, 0.2) is 29.3 Å². The first-order valence-electron chi connectivity index (χ1n) is 9.24. The molecule has 3 aromatic heterocycles. The monoisotopic (exact) mass is 389 g/mol. The third-order valence-corrected chi connectivity index (χ3v) is 5.11. The Morgan fingerprint density at radius 3 is 2.71 bits per heavy atom. The van der Waals surface area contributed by atoms with E-state index in [4.69, 9.17) is 0 Å². The third-order valence-electron chi connectivity index (χ3n) is 5.11. The van der Waals surface area contributed by atoms with Gasteiger partial charge in [-0.2, -0.15) is 9.61 Å². The number of hydrogen-bond acceptors (Lipinski definition) is 6. The van der Waals surface area contributed by atoms with Gasteiger partial charge in [-0.05, 0) is 50.9 Å². The maximum atomic E-state index is 12.6. The van der Waals surface area contributed by atoms with Crippen LogP contribution in [0.5, 0.6) is 0 Å². The van der Waals surface area contributed by atoms with Crippen molar-refractivity contribution in [1.82, 2.24) is 34.3 Å². The van der Waals surface area contributed by atoms with Crippen molar-refractivity contribution >= 4 is 5.65 Å². The minimum absolute atomic E-state index is 0.309. The number of aryl methyl sites for hydroxylation is 1. The Bertz CT molecular complexity index is 1020. The van der Waals surface area contributed by atoms with Gasteiger partial charge in [0.1, 0.15) is 5.69 Å². The molecule has 4 heterocycles. The summed E-state index contributed by atoms with van der Waals surface area (Å²) in [6, 6.07) is 4.73. The molecule has 28 heavy (non-hydrogen) atoms. The molecule has 3 aromatic rings. The molecule has 10 heteroatoms. The molecule has 0 unspecified atom stereocenters. The average molecular weight is 389 g/mol. The Morgan fingerprint density at radius 1 is 1.21 bits per heavy atom.